The highest BCUT2D eigenvalue weighted by Crippen LogP contribution is 2.38. The number of carbonyl (C=O) groups is 3. The van der Waals surface area contributed by atoms with Gasteiger partial charge in [-0.15, -0.1) is 0 Å². The van der Waals surface area contributed by atoms with Gasteiger partial charge >= 0.3 is 17.9 Å². The molecule has 0 atom stereocenters. The fraction of sp³-hybridized carbons (Fsp3) is 0.150. The van der Waals surface area contributed by atoms with Gasteiger partial charge in [-0.05, 0) is 24.3 Å². The third kappa shape index (κ3) is 4.15. The molecule has 2 aromatic rings. The first-order chi connectivity index (χ1) is 14.9. The van der Waals surface area contributed by atoms with Gasteiger partial charge in [0.05, 0.1) is 10.5 Å². The lowest BCUT2D eigenvalue weighted by atomic mass is 10.1. The summed E-state index contributed by atoms with van der Waals surface area (Å²) in [5.41, 5.74) is -2.37. The van der Waals surface area contributed by atoms with Crippen molar-refractivity contribution in [2.45, 2.75) is 6.18 Å². The fourth-order valence-electron chi connectivity index (χ4n) is 2.86. The van der Waals surface area contributed by atoms with Crippen molar-refractivity contribution >= 4 is 29.6 Å². The molecule has 9 nitrogen and oxygen atoms in total. The highest BCUT2D eigenvalue weighted by molar-refractivity contribution is 6.30. The van der Waals surface area contributed by atoms with E-state index in [1.807, 2.05) is 0 Å². The second kappa shape index (κ2) is 8.13. The van der Waals surface area contributed by atoms with Crippen LogP contribution in [0.3, 0.4) is 0 Å². The molecule has 0 radical (unpaired) electrons. The van der Waals surface area contributed by atoms with Gasteiger partial charge in [0.2, 0.25) is 5.75 Å². The van der Waals surface area contributed by atoms with E-state index < -0.39 is 45.9 Å². The first-order valence-corrected chi connectivity index (χ1v) is 8.86. The Morgan fingerprint density at radius 3 is 2.12 bits per heavy atom. The summed E-state index contributed by atoms with van der Waals surface area (Å²) in [5.74, 6) is -2.27. The molecule has 1 aliphatic heterocycles. The molecule has 2 aromatic carbocycles. The Balaban J connectivity index is 2.04. The van der Waals surface area contributed by atoms with Crippen LogP contribution >= 0.6 is 0 Å². The number of rotatable bonds is 4. The summed E-state index contributed by atoms with van der Waals surface area (Å²) in [4.78, 5) is 48.4. The number of nitrogens with zero attached hydrogens (tertiary/aromatic N) is 3. The van der Waals surface area contributed by atoms with Crippen LogP contribution in [-0.2, 0) is 15.8 Å². The van der Waals surface area contributed by atoms with Crippen LogP contribution in [0.15, 0.2) is 48.0 Å². The number of para-hydroxylation sites is 1. The summed E-state index contributed by atoms with van der Waals surface area (Å²) in [6, 6.07) is 6.76. The Bertz CT molecular complexity index is 1150. The highest BCUT2D eigenvalue weighted by Gasteiger charge is 2.38. The molecule has 0 bridgehead atoms. The summed E-state index contributed by atoms with van der Waals surface area (Å²) in [5, 5.41) is 11.3. The minimum absolute atomic E-state index is 0.0642. The van der Waals surface area contributed by atoms with E-state index in [-0.39, 0.29) is 16.9 Å². The SMILES string of the molecule is CN1C(=O)C(=Cc2ccccc2Oc2ccc(C(F)(F)F)cc2[N+](=O)[O-])C(=O)N(C)C1=O. The number of barbiturate groups is 1. The van der Waals surface area contributed by atoms with Gasteiger partial charge in [0.25, 0.3) is 11.8 Å². The molecule has 3 rings (SSSR count). The number of hydrogen-bond acceptors (Lipinski definition) is 6. The van der Waals surface area contributed by atoms with Crippen molar-refractivity contribution in [3.63, 3.8) is 0 Å². The molecule has 1 heterocycles. The number of amides is 4. The zero-order valence-corrected chi connectivity index (χ0v) is 16.5. The summed E-state index contributed by atoms with van der Waals surface area (Å²) in [6.45, 7) is 0. The Kier molecular flexibility index (Phi) is 5.71. The van der Waals surface area contributed by atoms with Gasteiger partial charge in [-0.3, -0.25) is 29.5 Å². The molecule has 4 amide bonds. The van der Waals surface area contributed by atoms with E-state index in [0.29, 0.717) is 12.1 Å². The van der Waals surface area contributed by atoms with E-state index in [4.69, 9.17) is 4.74 Å². The quantitative estimate of drug-likeness (QED) is 0.304. The number of carbonyl (C=O) groups excluding carboxylic acids is 3. The number of nitro benzene ring substituents is 1. The zero-order valence-electron chi connectivity index (χ0n) is 16.5. The molecule has 1 aliphatic rings. The molecule has 166 valence electrons. The van der Waals surface area contributed by atoms with E-state index in [1.54, 1.807) is 0 Å². The molecule has 32 heavy (non-hydrogen) atoms. The van der Waals surface area contributed by atoms with Crippen molar-refractivity contribution in [2.75, 3.05) is 14.1 Å². The first kappa shape index (κ1) is 22.5. The molecule has 0 aliphatic carbocycles. The van der Waals surface area contributed by atoms with Crippen molar-refractivity contribution in [3.8, 4) is 11.5 Å². The molecule has 0 N–H and O–H groups in total. The van der Waals surface area contributed by atoms with Gasteiger partial charge in [-0.1, -0.05) is 18.2 Å². The van der Waals surface area contributed by atoms with Gasteiger partial charge in [-0.2, -0.15) is 13.2 Å². The van der Waals surface area contributed by atoms with E-state index >= 15 is 0 Å². The number of urea groups is 1. The number of ether oxygens (including phenoxy) is 1. The smallest absolute Gasteiger partial charge is 0.416 e. The Labute approximate surface area is 178 Å². The second-order valence-corrected chi connectivity index (χ2v) is 6.65. The van der Waals surface area contributed by atoms with Gasteiger partial charge in [0.1, 0.15) is 11.3 Å². The van der Waals surface area contributed by atoms with E-state index in [2.05, 4.69) is 0 Å². The van der Waals surface area contributed by atoms with Crippen LogP contribution in [0, 0.1) is 10.1 Å². The lowest BCUT2D eigenvalue weighted by Gasteiger charge is -2.28. The minimum atomic E-state index is -4.79. The molecule has 12 heteroatoms. The average molecular weight is 449 g/mol. The van der Waals surface area contributed by atoms with Crippen LogP contribution < -0.4 is 4.74 Å². The Morgan fingerprint density at radius 2 is 1.56 bits per heavy atom. The number of benzene rings is 2. The lowest BCUT2D eigenvalue weighted by molar-refractivity contribution is -0.385. The first-order valence-electron chi connectivity index (χ1n) is 8.86. The summed E-state index contributed by atoms with van der Waals surface area (Å²) in [7, 11) is 2.38. The maximum absolute atomic E-state index is 12.9. The van der Waals surface area contributed by atoms with E-state index in [1.165, 1.54) is 38.4 Å². The standard InChI is InChI=1S/C20H14F3N3O6/c1-24-17(27)13(18(28)25(2)19(24)29)9-11-5-3-4-6-15(11)32-16-8-7-12(20(21,22)23)10-14(16)26(30)31/h3-10H,1-2H3. The predicted octanol–water partition coefficient (Wildman–Crippen LogP) is 3.84. The number of likely N-dealkylation sites (N-methyl/N-ethyl adjacent to an activating group) is 2. The molecule has 0 saturated carbocycles. The third-order valence-corrected chi connectivity index (χ3v) is 4.57. The number of hydrogen-bond donors (Lipinski definition) is 0. The average Bonchev–Trinajstić information content (AvgIpc) is 2.74. The van der Waals surface area contributed by atoms with Gasteiger partial charge in [0, 0.05) is 25.7 Å². The topological polar surface area (TPSA) is 110 Å². The molecule has 0 spiro atoms. The molecule has 1 fully saturated rings. The van der Waals surface area contributed by atoms with Crippen LogP contribution in [0.25, 0.3) is 6.08 Å². The number of halogens is 3. The van der Waals surface area contributed by atoms with Crippen LogP contribution in [0.1, 0.15) is 11.1 Å². The Hall–Kier alpha value is -4.22. The van der Waals surface area contributed by atoms with Crippen LogP contribution in [0.5, 0.6) is 11.5 Å². The normalized spacial score (nSPS) is 14.7. The van der Waals surface area contributed by atoms with E-state index in [9.17, 15) is 37.7 Å². The number of alkyl halides is 3. The van der Waals surface area contributed by atoms with Crippen molar-refractivity contribution in [3.05, 3.63) is 69.3 Å². The summed E-state index contributed by atoms with van der Waals surface area (Å²) < 4.78 is 44.2. The lowest BCUT2D eigenvalue weighted by Crippen LogP contribution is -2.52. The minimum Gasteiger partial charge on any atom is -0.449 e. The molecule has 1 saturated heterocycles. The van der Waals surface area contributed by atoms with Crippen molar-refractivity contribution < 1.29 is 37.2 Å². The Morgan fingerprint density at radius 1 is 0.969 bits per heavy atom. The molecule has 0 unspecified atom stereocenters. The monoisotopic (exact) mass is 449 g/mol. The summed E-state index contributed by atoms with van der Waals surface area (Å²) >= 11 is 0. The highest BCUT2D eigenvalue weighted by atomic mass is 19.4. The van der Waals surface area contributed by atoms with Crippen molar-refractivity contribution in [1.29, 1.82) is 0 Å². The van der Waals surface area contributed by atoms with Gasteiger partial charge in [-0.25, -0.2) is 4.79 Å². The van der Waals surface area contributed by atoms with Gasteiger partial charge < -0.3 is 4.74 Å². The van der Waals surface area contributed by atoms with Crippen LogP contribution in [0.4, 0.5) is 23.7 Å². The van der Waals surface area contributed by atoms with Crippen LogP contribution in [0.2, 0.25) is 0 Å². The zero-order chi connectivity index (χ0) is 23.8. The number of imide groups is 2. The summed E-state index contributed by atoms with van der Waals surface area (Å²) in [6.07, 6.45) is -3.65. The second-order valence-electron chi connectivity index (χ2n) is 6.65. The number of nitro groups is 1. The largest absolute Gasteiger partial charge is 0.449 e. The predicted molar refractivity (Wildman–Crippen MR) is 104 cm³/mol. The van der Waals surface area contributed by atoms with Crippen LogP contribution in [-0.4, -0.2) is 46.7 Å². The maximum Gasteiger partial charge on any atom is 0.416 e. The molecular formula is C20H14F3N3O6. The fourth-order valence-corrected chi connectivity index (χ4v) is 2.86. The van der Waals surface area contributed by atoms with Crippen molar-refractivity contribution in [2.24, 2.45) is 0 Å². The third-order valence-electron chi connectivity index (χ3n) is 4.57. The maximum atomic E-state index is 12.9. The molecule has 0 aromatic heterocycles. The van der Waals surface area contributed by atoms with Crippen molar-refractivity contribution in [1.82, 2.24) is 9.80 Å². The van der Waals surface area contributed by atoms with Gasteiger partial charge in [0.15, 0.2) is 0 Å². The van der Waals surface area contributed by atoms with E-state index in [0.717, 1.165) is 21.9 Å². The molecular weight excluding hydrogens is 435 g/mol.